The van der Waals surface area contributed by atoms with E-state index < -0.39 is 0 Å². The molecule has 1 fully saturated rings. The number of thiophene rings is 1. The fourth-order valence-electron chi connectivity index (χ4n) is 3.75. The van der Waals surface area contributed by atoms with Crippen molar-refractivity contribution in [2.75, 3.05) is 36.0 Å². The zero-order valence-electron chi connectivity index (χ0n) is 16.7. The standard InChI is InChI=1S/C20H22N8S/c1-13-14(2)29-20-18(13)19(22-12-23-20)28-6-4-27(5-7-28)17-10-21-9-16(25-17)15-8-24-26(3)11-15/h8-12H,4-7H2,1-3H3. The monoisotopic (exact) mass is 406 g/mol. The molecule has 0 unspecified atom stereocenters. The summed E-state index contributed by atoms with van der Waals surface area (Å²) in [5.74, 6) is 1.95. The molecule has 1 aliphatic heterocycles. The van der Waals surface area contributed by atoms with E-state index in [0.29, 0.717) is 0 Å². The molecule has 5 heterocycles. The minimum atomic E-state index is 0.847. The van der Waals surface area contributed by atoms with Crippen LogP contribution in [0, 0.1) is 13.8 Å². The van der Waals surface area contributed by atoms with Crippen molar-refractivity contribution < 1.29 is 0 Å². The second kappa shape index (κ2) is 7.07. The first-order chi connectivity index (χ1) is 14.1. The van der Waals surface area contributed by atoms with Crippen LogP contribution in [0.4, 0.5) is 11.6 Å². The van der Waals surface area contributed by atoms with Gasteiger partial charge < -0.3 is 9.80 Å². The number of aryl methyl sites for hydroxylation is 3. The van der Waals surface area contributed by atoms with E-state index in [2.05, 4.69) is 43.7 Å². The van der Waals surface area contributed by atoms with Gasteiger partial charge in [0.15, 0.2) is 0 Å². The van der Waals surface area contributed by atoms with Gasteiger partial charge in [-0.05, 0) is 19.4 Å². The predicted octanol–water partition coefficient (Wildman–Crippen LogP) is 2.83. The van der Waals surface area contributed by atoms with Gasteiger partial charge in [0.05, 0.1) is 29.7 Å². The summed E-state index contributed by atoms with van der Waals surface area (Å²) in [4.78, 5) is 25.3. The van der Waals surface area contributed by atoms with Crippen molar-refractivity contribution in [2.45, 2.75) is 13.8 Å². The van der Waals surface area contributed by atoms with Gasteiger partial charge in [-0.25, -0.2) is 15.0 Å². The average molecular weight is 407 g/mol. The Kier molecular flexibility index (Phi) is 4.39. The van der Waals surface area contributed by atoms with E-state index in [1.165, 1.54) is 15.8 Å². The van der Waals surface area contributed by atoms with Crippen molar-refractivity contribution in [2.24, 2.45) is 7.05 Å². The fourth-order valence-corrected chi connectivity index (χ4v) is 4.74. The van der Waals surface area contributed by atoms with Gasteiger partial charge in [0.2, 0.25) is 0 Å². The summed E-state index contributed by atoms with van der Waals surface area (Å²) in [6, 6.07) is 0. The Morgan fingerprint density at radius 3 is 2.52 bits per heavy atom. The Morgan fingerprint density at radius 2 is 1.76 bits per heavy atom. The molecule has 0 saturated carbocycles. The van der Waals surface area contributed by atoms with E-state index >= 15 is 0 Å². The van der Waals surface area contributed by atoms with Crippen molar-refractivity contribution in [3.8, 4) is 11.3 Å². The van der Waals surface area contributed by atoms with Crippen LogP contribution in [0.3, 0.4) is 0 Å². The molecule has 8 nitrogen and oxygen atoms in total. The van der Waals surface area contributed by atoms with Crippen LogP contribution in [-0.4, -0.2) is 55.9 Å². The molecule has 0 aromatic carbocycles. The smallest absolute Gasteiger partial charge is 0.147 e. The lowest BCUT2D eigenvalue weighted by Gasteiger charge is -2.36. The number of hydrogen-bond acceptors (Lipinski definition) is 8. The van der Waals surface area contributed by atoms with Crippen molar-refractivity contribution in [3.63, 3.8) is 0 Å². The Bertz CT molecular complexity index is 1170. The van der Waals surface area contributed by atoms with Gasteiger partial charge in [-0.1, -0.05) is 0 Å². The van der Waals surface area contributed by atoms with Gasteiger partial charge in [0, 0.05) is 49.9 Å². The van der Waals surface area contributed by atoms with Crippen molar-refractivity contribution >= 4 is 33.2 Å². The molecule has 0 atom stereocenters. The van der Waals surface area contributed by atoms with Crippen LogP contribution in [0.15, 0.2) is 31.1 Å². The lowest BCUT2D eigenvalue weighted by molar-refractivity contribution is 0.642. The second-order valence-electron chi connectivity index (χ2n) is 7.30. The Morgan fingerprint density at radius 1 is 0.966 bits per heavy atom. The molecule has 1 saturated heterocycles. The highest BCUT2D eigenvalue weighted by Crippen LogP contribution is 2.34. The Hall–Kier alpha value is -3.07. The third-order valence-electron chi connectivity index (χ3n) is 5.47. The highest BCUT2D eigenvalue weighted by atomic mass is 32.1. The van der Waals surface area contributed by atoms with Crippen LogP contribution in [-0.2, 0) is 7.05 Å². The van der Waals surface area contributed by atoms with Gasteiger partial charge in [0.25, 0.3) is 0 Å². The molecule has 4 aromatic heterocycles. The first-order valence-corrected chi connectivity index (χ1v) is 10.4. The van der Waals surface area contributed by atoms with E-state index in [-0.39, 0.29) is 0 Å². The minimum absolute atomic E-state index is 0.847. The van der Waals surface area contributed by atoms with Crippen LogP contribution in [0.25, 0.3) is 21.5 Å². The van der Waals surface area contributed by atoms with Crippen molar-refractivity contribution in [1.82, 2.24) is 29.7 Å². The van der Waals surface area contributed by atoms with Gasteiger partial charge >= 0.3 is 0 Å². The van der Waals surface area contributed by atoms with Gasteiger partial charge in [-0.3, -0.25) is 9.67 Å². The summed E-state index contributed by atoms with van der Waals surface area (Å²) in [6.45, 7) is 7.84. The maximum absolute atomic E-state index is 4.81. The molecule has 9 heteroatoms. The van der Waals surface area contributed by atoms with Crippen molar-refractivity contribution in [1.29, 1.82) is 0 Å². The largest absolute Gasteiger partial charge is 0.352 e. The first kappa shape index (κ1) is 18.0. The minimum Gasteiger partial charge on any atom is -0.352 e. The SMILES string of the molecule is Cc1sc2ncnc(N3CCN(c4cncc(-c5cnn(C)c5)n4)CC3)c2c1C. The van der Waals surface area contributed by atoms with Gasteiger partial charge in [0.1, 0.15) is 22.8 Å². The third kappa shape index (κ3) is 3.21. The molecule has 4 aromatic rings. The highest BCUT2D eigenvalue weighted by Gasteiger charge is 2.23. The van der Waals surface area contributed by atoms with Crippen LogP contribution in [0.2, 0.25) is 0 Å². The quantitative estimate of drug-likeness (QED) is 0.518. The molecule has 148 valence electrons. The van der Waals surface area contributed by atoms with E-state index in [9.17, 15) is 0 Å². The van der Waals surface area contributed by atoms with Gasteiger partial charge in [-0.2, -0.15) is 5.10 Å². The summed E-state index contributed by atoms with van der Waals surface area (Å²) in [5, 5.41) is 5.43. The maximum atomic E-state index is 4.81. The molecule has 0 bridgehead atoms. The topological polar surface area (TPSA) is 75.9 Å². The lowest BCUT2D eigenvalue weighted by Crippen LogP contribution is -2.47. The second-order valence-corrected chi connectivity index (χ2v) is 8.50. The van der Waals surface area contributed by atoms with Crippen LogP contribution >= 0.6 is 11.3 Å². The lowest BCUT2D eigenvalue weighted by atomic mass is 10.2. The van der Waals surface area contributed by atoms with Crippen LogP contribution in [0.1, 0.15) is 10.4 Å². The fraction of sp³-hybridized carbons (Fsp3) is 0.350. The zero-order chi connectivity index (χ0) is 20.0. The molecular formula is C20H22N8S. The summed E-state index contributed by atoms with van der Waals surface area (Å²) in [6.07, 6.45) is 9.08. The predicted molar refractivity (Wildman–Crippen MR) is 116 cm³/mol. The molecular weight excluding hydrogens is 384 g/mol. The molecule has 0 radical (unpaired) electrons. The molecule has 0 aliphatic carbocycles. The summed E-state index contributed by atoms with van der Waals surface area (Å²) in [7, 11) is 1.90. The van der Waals surface area contributed by atoms with E-state index in [4.69, 9.17) is 4.98 Å². The van der Waals surface area contributed by atoms with E-state index in [1.54, 1.807) is 28.5 Å². The number of fused-ring (bicyclic) bond motifs is 1. The van der Waals surface area contributed by atoms with Crippen LogP contribution < -0.4 is 9.80 Å². The summed E-state index contributed by atoms with van der Waals surface area (Å²) < 4.78 is 1.78. The number of nitrogens with zero attached hydrogens (tertiary/aromatic N) is 8. The number of piperazine rings is 1. The Labute approximate surface area is 172 Å². The molecule has 0 spiro atoms. The van der Waals surface area contributed by atoms with Gasteiger partial charge in [-0.15, -0.1) is 11.3 Å². The number of anilines is 2. The first-order valence-electron chi connectivity index (χ1n) is 9.62. The van der Waals surface area contributed by atoms with E-state index in [0.717, 1.165) is 53.9 Å². The summed E-state index contributed by atoms with van der Waals surface area (Å²) in [5.41, 5.74) is 3.12. The molecule has 29 heavy (non-hydrogen) atoms. The number of hydrogen-bond donors (Lipinski definition) is 0. The number of rotatable bonds is 3. The maximum Gasteiger partial charge on any atom is 0.147 e. The number of aromatic nitrogens is 6. The highest BCUT2D eigenvalue weighted by molar-refractivity contribution is 7.18. The van der Waals surface area contributed by atoms with E-state index in [1.807, 2.05) is 25.6 Å². The molecule has 5 rings (SSSR count). The molecule has 0 amide bonds. The molecule has 1 aliphatic rings. The normalized spacial score (nSPS) is 14.7. The average Bonchev–Trinajstić information content (AvgIpc) is 3.31. The molecule has 0 N–H and O–H groups in total. The third-order valence-corrected chi connectivity index (χ3v) is 6.59. The van der Waals surface area contributed by atoms with Crippen LogP contribution in [0.5, 0.6) is 0 Å². The Balaban J connectivity index is 1.36. The zero-order valence-corrected chi connectivity index (χ0v) is 17.5. The summed E-state index contributed by atoms with van der Waals surface area (Å²) >= 11 is 1.74. The van der Waals surface area contributed by atoms with Crippen molar-refractivity contribution in [3.05, 3.63) is 41.6 Å².